The number of rotatable bonds is 4. The second-order valence-electron chi connectivity index (χ2n) is 5.38. The van der Waals surface area contributed by atoms with Gasteiger partial charge in [0.1, 0.15) is 5.75 Å². The molecule has 1 rings (SSSR count). The highest BCUT2D eigenvalue weighted by molar-refractivity contribution is 7.41. The normalized spacial score (nSPS) is 13.5. The molecule has 0 aromatic heterocycles. The minimum absolute atomic E-state index is 0.0213. The van der Waals surface area contributed by atoms with E-state index in [1.807, 2.05) is 32.0 Å². The maximum Gasteiger partial charge on any atom is 0.394 e. The Kier molecular flexibility index (Phi) is 4.93. The molecule has 1 N–H and O–H groups in total. The lowest BCUT2D eigenvalue weighted by atomic mass is 9.99. The van der Waals surface area contributed by atoms with Crippen molar-refractivity contribution in [3.05, 3.63) is 29.3 Å². The fourth-order valence-electron chi connectivity index (χ4n) is 1.30. The lowest BCUT2D eigenvalue weighted by Crippen LogP contribution is -2.13. The predicted molar refractivity (Wildman–Crippen MR) is 71.1 cm³/mol. The maximum absolute atomic E-state index is 9.74. The Morgan fingerprint density at radius 2 is 1.71 bits per heavy atom. The van der Waals surface area contributed by atoms with Crippen molar-refractivity contribution >= 4 is 8.60 Å². The highest BCUT2D eigenvalue weighted by Gasteiger charge is 2.17. The number of para-hydroxylation sites is 1. The van der Waals surface area contributed by atoms with E-state index in [2.05, 4.69) is 20.8 Å². The standard InChI is InChI=1S/C13H21O3P/c1-10-7-6-8-11(2)12(10)16-17(14)15-9-13(3,4)5/h6-8,14H,9H2,1-5H3. The minimum Gasteiger partial charge on any atom is -0.426 e. The van der Waals surface area contributed by atoms with Gasteiger partial charge in [-0.25, -0.2) is 0 Å². The Morgan fingerprint density at radius 1 is 1.18 bits per heavy atom. The molecule has 0 radical (unpaired) electrons. The zero-order valence-electron chi connectivity index (χ0n) is 11.2. The SMILES string of the molecule is Cc1cccc(C)c1OP(O)OCC(C)(C)C. The van der Waals surface area contributed by atoms with Gasteiger partial charge in [-0.2, -0.15) is 0 Å². The molecule has 96 valence electrons. The minimum atomic E-state index is -1.85. The monoisotopic (exact) mass is 256 g/mol. The van der Waals surface area contributed by atoms with Crippen molar-refractivity contribution in [1.82, 2.24) is 0 Å². The quantitative estimate of drug-likeness (QED) is 0.828. The summed E-state index contributed by atoms with van der Waals surface area (Å²) in [5.41, 5.74) is 2.03. The van der Waals surface area contributed by atoms with Gasteiger partial charge in [0.2, 0.25) is 0 Å². The van der Waals surface area contributed by atoms with Gasteiger partial charge in [-0.1, -0.05) is 39.0 Å². The summed E-state index contributed by atoms with van der Waals surface area (Å²) in [7, 11) is -1.85. The number of aryl methyl sites for hydroxylation is 2. The third-order valence-electron chi connectivity index (χ3n) is 2.19. The van der Waals surface area contributed by atoms with E-state index in [-0.39, 0.29) is 5.41 Å². The first kappa shape index (κ1) is 14.4. The maximum atomic E-state index is 9.74. The molecule has 0 saturated heterocycles. The molecule has 0 amide bonds. The summed E-state index contributed by atoms with van der Waals surface area (Å²) < 4.78 is 10.8. The first-order chi connectivity index (χ1) is 7.79. The van der Waals surface area contributed by atoms with Crippen LogP contribution >= 0.6 is 8.60 Å². The number of hydrogen-bond acceptors (Lipinski definition) is 3. The van der Waals surface area contributed by atoms with Gasteiger partial charge < -0.3 is 13.9 Å². The van der Waals surface area contributed by atoms with Crippen molar-refractivity contribution in [3.63, 3.8) is 0 Å². The van der Waals surface area contributed by atoms with Gasteiger partial charge in [0, 0.05) is 0 Å². The molecule has 0 spiro atoms. The van der Waals surface area contributed by atoms with E-state index in [1.165, 1.54) is 0 Å². The summed E-state index contributed by atoms with van der Waals surface area (Å²) in [6.45, 7) is 10.5. The Balaban J connectivity index is 2.59. The Morgan fingerprint density at radius 3 is 2.18 bits per heavy atom. The summed E-state index contributed by atoms with van der Waals surface area (Å²) in [6.07, 6.45) is 0. The molecule has 0 aliphatic heterocycles. The highest BCUT2D eigenvalue weighted by Crippen LogP contribution is 2.39. The third-order valence-corrected chi connectivity index (χ3v) is 2.87. The van der Waals surface area contributed by atoms with Crippen LogP contribution in [0.1, 0.15) is 31.9 Å². The van der Waals surface area contributed by atoms with Crippen LogP contribution in [-0.2, 0) is 4.52 Å². The van der Waals surface area contributed by atoms with Crippen LogP contribution in [0.2, 0.25) is 0 Å². The van der Waals surface area contributed by atoms with Gasteiger partial charge in [0.25, 0.3) is 0 Å². The fourth-order valence-corrected chi connectivity index (χ4v) is 2.29. The molecule has 1 atom stereocenters. The van der Waals surface area contributed by atoms with Crippen LogP contribution in [0.15, 0.2) is 18.2 Å². The number of hydrogen-bond donors (Lipinski definition) is 1. The average molecular weight is 256 g/mol. The molecular formula is C13H21O3P. The molecule has 0 aliphatic rings. The third kappa shape index (κ3) is 5.03. The van der Waals surface area contributed by atoms with Gasteiger partial charge in [0.05, 0.1) is 6.61 Å². The summed E-state index contributed by atoms with van der Waals surface area (Å²) in [5, 5.41) is 0. The zero-order chi connectivity index (χ0) is 13.1. The number of benzene rings is 1. The predicted octanol–water partition coefficient (Wildman–Crippen LogP) is 3.96. The summed E-state index contributed by atoms with van der Waals surface area (Å²) >= 11 is 0. The van der Waals surface area contributed by atoms with Crippen molar-refractivity contribution in [2.24, 2.45) is 5.41 Å². The average Bonchev–Trinajstić information content (AvgIpc) is 2.20. The zero-order valence-corrected chi connectivity index (χ0v) is 12.0. The van der Waals surface area contributed by atoms with E-state index in [0.29, 0.717) is 6.61 Å². The van der Waals surface area contributed by atoms with Crippen molar-refractivity contribution in [3.8, 4) is 5.75 Å². The van der Waals surface area contributed by atoms with Crippen LogP contribution in [0.5, 0.6) is 5.75 Å². The smallest absolute Gasteiger partial charge is 0.394 e. The van der Waals surface area contributed by atoms with E-state index in [0.717, 1.165) is 16.9 Å². The molecule has 3 nitrogen and oxygen atoms in total. The van der Waals surface area contributed by atoms with Gasteiger partial charge in [0.15, 0.2) is 0 Å². The highest BCUT2D eigenvalue weighted by atomic mass is 31.2. The molecule has 4 heteroatoms. The van der Waals surface area contributed by atoms with Gasteiger partial charge >= 0.3 is 8.60 Å². The second kappa shape index (κ2) is 5.81. The van der Waals surface area contributed by atoms with Gasteiger partial charge in [-0.3, -0.25) is 0 Å². The lowest BCUT2D eigenvalue weighted by Gasteiger charge is -2.21. The molecule has 1 unspecified atom stereocenters. The van der Waals surface area contributed by atoms with E-state index in [1.54, 1.807) is 0 Å². The second-order valence-corrected chi connectivity index (χ2v) is 6.30. The van der Waals surface area contributed by atoms with Crippen LogP contribution in [0.4, 0.5) is 0 Å². The molecule has 0 heterocycles. The van der Waals surface area contributed by atoms with Crippen molar-refractivity contribution in [1.29, 1.82) is 0 Å². The van der Waals surface area contributed by atoms with Crippen molar-refractivity contribution < 1.29 is 13.9 Å². The van der Waals surface area contributed by atoms with Gasteiger partial charge in [-0.15, -0.1) is 0 Å². The van der Waals surface area contributed by atoms with E-state index < -0.39 is 8.60 Å². The molecule has 0 fully saturated rings. The fraction of sp³-hybridized carbons (Fsp3) is 0.538. The molecule has 1 aromatic rings. The first-order valence-corrected chi connectivity index (χ1v) is 6.79. The summed E-state index contributed by atoms with van der Waals surface area (Å²) in [6, 6.07) is 5.87. The van der Waals surface area contributed by atoms with Crippen LogP contribution in [-0.4, -0.2) is 11.5 Å². The molecule has 0 aliphatic carbocycles. The summed E-state index contributed by atoms with van der Waals surface area (Å²) in [4.78, 5) is 9.74. The van der Waals surface area contributed by atoms with Crippen LogP contribution in [0.3, 0.4) is 0 Å². The first-order valence-electron chi connectivity index (χ1n) is 5.66. The Hall–Kier alpha value is -0.630. The molecule has 0 bridgehead atoms. The Labute approximate surface area is 105 Å². The molecule has 0 saturated carbocycles. The van der Waals surface area contributed by atoms with Crippen LogP contribution in [0.25, 0.3) is 0 Å². The Bertz CT molecular complexity index is 351. The largest absolute Gasteiger partial charge is 0.426 e. The molecular weight excluding hydrogens is 235 g/mol. The van der Waals surface area contributed by atoms with Crippen LogP contribution < -0.4 is 4.52 Å². The van der Waals surface area contributed by atoms with Crippen molar-refractivity contribution in [2.45, 2.75) is 34.6 Å². The molecule has 17 heavy (non-hydrogen) atoms. The van der Waals surface area contributed by atoms with Gasteiger partial charge in [-0.05, 0) is 30.4 Å². The van der Waals surface area contributed by atoms with E-state index in [4.69, 9.17) is 9.05 Å². The van der Waals surface area contributed by atoms with E-state index in [9.17, 15) is 4.89 Å². The van der Waals surface area contributed by atoms with E-state index >= 15 is 0 Å². The summed E-state index contributed by atoms with van der Waals surface area (Å²) in [5.74, 6) is 0.718. The van der Waals surface area contributed by atoms with Crippen molar-refractivity contribution in [2.75, 3.05) is 6.61 Å². The van der Waals surface area contributed by atoms with Crippen LogP contribution in [0, 0.1) is 19.3 Å². The lowest BCUT2D eigenvalue weighted by molar-refractivity contribution is 0.175. The topological polar surface area (TPSA) is 38.7 Å². The molecule has 1 aromatic carbocycles.